The molecule has 2 rings (SSSR count). The first kappa shape index (κ1) is 8.31. The second-order valence-corrected chi connectivity index (χ2v) is 3.72. The molecule has 0 aromatic rings. The number of hydrogen-bond donors (Lipinski definition) is 2. The zero-order valence-electron chi connectivity index (χ0n) is 6.41. The number of fused-ring (bicyclic) bond motifs is 1. The number of rotatable bonds is 1. The highest BCUT2D eigenvalue weighted by atomic mass is 19.3. The SMILES string of the molecule is OCC12CNCC1(F)C(F)(F)C2. The highest BCUT2D eigenvalue weighted by Gasteiger charge is 2.79. The van der Waals surface area contributed by atoms with Gasteiger partial charge in [0.15, 0.2) is 5.67 Å². The quantitative estimate of drug-likeness (QED) is 0.610. The largest absolute Gasteiger partial charge is 0.396 e. The van der Waals surface area contributed by atoms with Gasteiger partial charge in [-0.2, -0.15) is 0 Å². The van der Waals surface area contributed by atoms with Crippen molar-refractivity contribution in [2.75, 3.05) is 19.7 Å². The van der Waals surface area contributed by atoms with Crippen LogP contribution < -0.4 is 5.32 Å². The van der Waals surface area contributed by atoms with Gasteiger partial charge in [-0.1, -0.05) is 0 Å². The molecule has 0 radical (unpaired) electrons. The number of nitrogens with one attached hydrogen (secondary N) is 1. The van der Waals surface area contributed by atoms with Crippen molar-refractivity contribution < 1.29 is 18.3 Å². The van der Waals surface area contributed by atoms with E-state index in [1.807, 2.05) is 0 Å². The van der Waals surface area contributed by atoms with Crippen molar-refractivity contribution in [2.24, 2.45) is 5.41 Å². The van der Waals surface area contributed by atoms with Gasteiger partial charge in [0.1, 0.15) is 0 Å². The third-order valence-corrected chi connectivity index (χ3v) is 3.12. The van der Waals surface area contributed by atoms with Crippen LogP contribution in [0.4, 0.5) is 13.2 Å². The molecular formula is C7H10F3NO. The van der Waals surface area contributed by atoms with E-state index in [4.69, 9.17) is 5.11 Å². The molecule has 2 nitrogen and oxygen atoms in total. The van der Waals surface area contributed by atoms with Crippen LogP contribution in [-0.4, -0.2) is 36.4 Å². The number of halogens is 3. The van der Waals surface area contributed by atoms with Crippen LogP contribution in [0.3, 0.4) is 0 Å². The molecule has 0 aromatic carbocycles. The minimum absolute atomic E-state index is 0.148. The third-order valence-electron chi connectivity index (χ3n) is 3.12. The molecule has 5 heteroatoms. The van der Waals surface area contributed by atoms with E-state index < -0.39 is 30.0 Å². The molecule has 1 saturated heterocycles. The summed E-state index contributed by atoms with van der Waals surface area (Å²) in [5.41, 5.74) is -3.74. The highest BCUT2D eigenvalue weighted by molar-refractivity contribution is 5.24. The molecule has 12 heavy (non-hydrogen) atoms. The second-order valence-electron chi connectivity index (χ2n) is 3.72. The summed E-state index contributed by atoms with van der Waals surface area (Å²) in [6.45, 7) is -0.706. The summed E-state index contributed by atoms with van der Waals surface area (Å²) in [6.07, 6.45) is -0.542. The fourth-order valence-corrected chi connectivity index (χ4v) is 2.22. The Bertz CT molecular complexity index is 223. The molecule has 0 aromatic heterocycles. The molecule has 2 fully saturated rings. The molecule has 2 atom stereocenters. The second kappa shape index (κ2) is 1.96. The minimum atomic E-state index is -3.26. The summed E-state index contributed by atoms with van der Waals surface area (Å²) < 4.78 is 39.1. The van der Waals surface area contributed by atoms with E-state index in [0.29, 0.717) is 0 Å². The molecule has 2 unspecified atom stereocenters. The summed E-state index contributed by atoms with van der Waals surface area (Å²) >= 11 is 0. The van der Waals surface area contributed by atoms with E-state index in [0.717, 1.165) is 0 Å². The Hall–Kier alpha value is -0.290. The molecule has 2 aliphatic rings. The molecule has 2 N–H and O–H groups in total. The van der Waals surface area contributed by atoms with Crippen LogP contribution in [0.25, 0.3) is 0 Å². The summed E-state index contributed by atoms with van der Waals surface area (Å²) in [5.74, 6) is -3.26. The first-order chi connectivity index (χ1) is 5.47. The Morgan fingerprint density at radius 1 is 1.25 bits per heavy atom. The van der Waals surface area contributed by atoms with Gasteiger partial charge < -0.3 is 10.4 Å². The molecule has 70 valence electrons. The Morgan fingerprint density at radius 3 is 2.33 bits per heavy atom. The van der Waals surface area contributed by atoms with Gasteiger partial charge in [-0.15, -0.1) is 0 Å². The predicted octanol–water partition coefficient (Wildman–Crippen LogP) is 0.316. The lowest BCUT2D eigenvalue weighted by molar-refractivity contribution is -0.283. The van der Waals surface area contributed by atoms with Gasteiger partial charge in [0.25, 0.3) is 5.92 Å². The summed E-state index contributed by atoms with van der Waals surface area (Å²) in [6, 6.07) is 0. The summed E-state index contributed by atoms with van der Waals surface area (Å²) in [5, 5.41) is 11.4. The molecule has 1 heterocycles. The van der Waals surface area contributed by atoms with Crippen molar-refractivity contribution in [3.05, 3.63) is 0 Å². The number of alkyl halides is 3. The van der Waals surface area contributed by atoms with Crippen LogP contribution in [0.2, 0.25) is 0 Å². The van der Waals surface area contributed by atoms with Gasteiger partial charge in [0.2, 0.25) is 0 Å². The van der Waals surface area contributed by atoms with Gasteiger partial charge >= 0.3 is 0 Å². The van der Waals surface area contributed by atoms with Gasteiger partial charge in [-0.05, 0) is 0 Å². The van der Waals surface area contributed by atoms with Crippen LogP contribution in [0.1, 0.15) is 6.42 Å². The van der Waals surface area contributed by atoms with Crippen LogP contribution in [0.15, 0.2) is 0 Å². The Kier molecular flexibility index (Phi) is 1.36. The van der Waals surface area contributed by atoms with Gasteiger partial charge in [-0.3, -0.25) is 0 Å². The maximum atomic E-state index is 13.6. The number of aliphatic hydroxyl groups is 1. The molecule has 0 bridgehead atoms. The zero-order valence-corrected chi connectivity index (χ0v) is 6.41. The first-order valence-electron chi connectivity index (χ1n) is 3.86. The average Bonchev–Trinajstić information content (AvgIpc) is 2.27. The van der Waals surface area contributed by atoms with Crippen molar-refractivity contribution in [2.45, 2.75) is 18.0 Å². The van der Waals surface area contributed by atoms with Crippen LogP contribution in [0.5, 0.6) is 0 Å². The Labute approximate surface area is 67.8 Å². The van der Waals surface area contributed by atoms with E-state index >= 15 is 0 Å². The fraction of sp³-hybridized carbons (Fsp3) is 1.00. The molecule has 0 spiro atoms. The molecule has 1 aliphatic heterocycles. The highest BCUT2D eigenvalue weighted by Crippen LogP contribution is 2.63. The van der Waals surface area contributed by atoms with E-state index in [1.54, 1.807) is 0 Å². The fourth-order valence-electron chi connectivity index (χ4n) is 2.22. The van der Waals surface area contributed by atoms with Crippen molar-refractivity contribution in [3.63, 3.8) is 0 Å². The molecule has 0 amide bonds. The van der Waals surface area contributed by atoms with E-state index in [2.05, 4.69) is 5.32 Å². The number of aliphatic hydroxyl groups excluding tert-OH is 1. The smallest absolute Gasteiger partial charge is 0.284 e. The maximum absolute atomic E-state index is 13.6. The molecular weight excluding hydrogens is 171 g/mol. The van der Waals surface area contributed by atoms with Gasteiger partial charge in [0.05, 0.1) is 12.0 Å². The monoisotopic (exact) mass is 181 g/mol. The first-order valence-corrected chi connectivity index (χ1v) is 3.86. The Balaban J connectivity index is 2.32. The predicted molar refractivity (Wildman–Crippen MR) is 35.8 cm³/mol. The van der Waals surface area contributed by atoms with Crippen molar-refractivity contribution in [1.29, 1.82) is 0 Å². The third kappa shape index (κ3) is 0.611. The van der Waals surface area contributed by atoms with E-state index in [-0.39, 0.29) is 13.1 Å². The summed E-state index contributed by atoms with van der Waals surface area (Å²) in [7, 11) is 0. The molecule has 1 aliphatic carbocycles. The Morgan fingerprint density at radius 2 is 1.92 bits per heavy atom. The molecule has 1 saturated carbocycles. The topological polar surface area (TPSA) is 32.3 Å². The maximum Gasteiger partial charge on any atom is 0.284 e. The number of hydrogen-bond acceptors (Lipinski definition) is 2. The van der Waals surface area contributed by atoms with E-state index in [1.165, 1.54) is 0 Å². The normalized spacial score (nSPS) is 50.0. The summed E-state index contributed by atoms with van der Waals surface area (Å²) in [4.78, 5) is 0. The van der Waals surface area contributed by atoms with Crippen LogP contribution >= 0.6 is 0 Å². The van der Waals surface area contributed by atoms with Gasteiger partial charge in [-0.25, -0.2) is 13.2 Å². The average molecular weight is 181 g/mol. The van der Waals surface area contributed by atoms with Gasteiger partial charge in [0, 0.05) is 19.5 Å². The van der Waals surface area contributed by atoms with Crippen molar-refractivity contribution >= 4 is 0 Å². The van der Waals surface area contributed by atoms with Crippen molar-refractivity contribution in [3.8, 4) is 0 Å². The van der Waals surface area contributed by atoms with E-state index in [9.17, 15) is 13.2 Å². The zero-order chi connectivity index (χ0) is 9.04. The lowest BCUT2D eigenvalue weighted by atomic mass is 9.57. The lowest BCUT2D eigenvalue weighted by Gasteiger charge is -2.53. The van der Waals surface area contributed by atoms with Crippen molar-refractivity contribution in [1.82, 2.24) is 5.32 Å². The van der Waals surface area contributed by atoms with Crippen LogP contribution in [-0.2, 0) is 0 Å². The minimum Gasteiger partial charge on any atom is -0.396 e. The standard InChI is InChI=1S/C7H10F3NO/c8-6-3-11-2-5(6,4-12)1-7(6,9)10/h11-12H,1-4H2. The lowest BCUT2D eigenvalue weighted by Crippen LogP contribution is -2.70. The van der Waals surface area contributed by atoms with Crippen LogP contribution in [0, 0.1) is 5.41 Å².